The summed E-state index contributed by atoms with van der Waals surface area (Å²) in [5.41, 5.74) is 1.01. The molecule has 1 aromatic carbocycles. The molecule has 0 amide bonds. The average molecular weight is 282 g/mol. The van der Waals surface area contributed by atoms with Crippen LogP contribution in [0.2, 0.25) is 0 Å². The van der Waals surface area contributed by atoms with Gasteiger partial charge in [0, 0.05) is 11.1 Å². The van der Waals surface area contributed by atoms with E-state index in [2.05, 4.69) is 12.6 Å². The van der Waals surface area contributed by atoms with E-state index in [4.69, 9.17) is 4.74 Å². The first kappa shape index (κ1) is 15.9. The summed E-state index contributed by atoms with van der Waals surface area (Å²) in [7, 11) is 0. The van der Waals surface area contributed by atoms with Gasteiger partial charge in [-0.3, -0.25) is 0 Å². The van der Waals surface area contributed by atoms with E-state index in [-0.39, 0.29) is 16.6 Å². The molecule has 106 valence electrons. The van der Waals surface area contributed by atoms with Gasteiger partial charge in [-0.25, -0.2) is 4.79 Å². The monoisotopic (exact) mass is 282 g/mol. The maximum atomic E-state index is 11.0. The summed E-state index contributed by atoms with van der Waals surface area (Å²) >= 11 is 3.63. The predicted molar refractivity (Wildman–Crippen MR) is 80.5 cm³/mol. The lowest BCUT2D eigenvalue weighted by Crippen LogP contribution is -2.17. The van der Waals surface area contributed by atoms with Crippen molar-refractivity contribution < 1.29 is 14.6 Å². The molecule has 0 atom stereocenters. The highest BCUT2D eigenvalue weighted by Gasteiger charge is 2.27. The van der Waals surface area contributed by atoms with Gasteiger partial charge in [-0.1, -0.05) is 54.2 Å². The van der Waals surface area contributed by atoms with Gasteiger partial charge in [0.25, 0.3) is 0 Å². The molecule has 19 heavy (non-hydrogen) atoms. The summed E-state index contributed by atoms with van der Waals surface area (Å²) in [5.74, 6) is 0.673. The first-order valence-electron chi connectivity index (χ1n) is 6.21. The van der Waals surface area contributed by atoms with Crippen molar-refractivity contribution in [3.05, 3.63) is 23.3 Å². The van der Waals surface area contributed by atoms with Crippen LogP contribution in [0.4, 0.5) is 4.79 Å². The normalized spacial score (nSPS) is 12.4. The summed E-state index contributed by atoms with van der Waals surface area (Å²) in [5, 5.41) is 9.80. The highest BCUT2D eigenvalue weighted by molar-refractivity contribution is 7.96. The second kappa shape index (κ2) is 5.08. The molecule has 0 heterocycles. The summed E-state index contributed by atoms with van der Waals surface area (Å²) < 4.78 is 5.06. The lowest BCUT2D eigenvalue weighted by molar-refractivity contribution is 0.227. The standard InChI is InChI=1S/C15H22O3S/c1-14(2,3)10-7-9(18-13(17)19)8-11(12(10)16)15(4,5)6/h7-8,16H,1-6H3,(H,17,19). The van der Waals surface area contributed by atoms with Crippen molar-refractivity contribution in [1.29, 1.82) is 0 Å². The minimum Gasteiger partial charge on any atom is -0.507 e. The molecule has 1 N–H and O–H groups in total. The zero-order valence-electron chi connectivity index (χ0n) is 12.4. The molecule has 0 unspecified atom stereocenters. The minimum atomic E-state index is -0.662. The average Bonchev–Trinajstić information content (AvgIpc) is 2.16. The first-order valence-corrected chi connectivity index (χ1v) is 6.66. The molecule has 0 saturated heterocycles. The number of thiol groups is 1. The van der Waals surface area contributed by atoms with Crippen molar-refractivity contribution in [2.75, 3.05) is 0 Å². The van der Waals surface area contributed by atoms with Gasteiger partial charge in [0.2, 0.25) is 0 Å². The molecule has 0 spiro atoms. The molecule has 0 aliphatic rings. The Bertz CT molecular complexity index is 458. The lowest BCUT2D eigenvalue weighted by Gasteiger charge is -2.27. The van der Waals surface area contributed by atoms with Gasteiger partial charge in [-0.15, -0.1) is 0 Å². The Hall–Kier alpha value is -1.16. The number of aromatic hydroxyl groups is 1. The zero-order valence-corrected chi connectivity index (χ0v) is 13.3. The molecule has 0 bridgehead atoms. The van der Waals surface area contributed by atoms with Gasteiger partial charge in [0.1, 0.15) is 11.5 Å². The van der Waals surface area contributed by atoms with Crippen LogP contribution in [0, 0.1) is 0 Å². The summed E-state index contributed by atoms with van der Waals surface area (Å²) in [6, 6.07) is 3.39. The van der Waals surface area contributed by atoms with Crippen LogP contribution in [0.5, 0.6) is 11.5 Å². The van der Waals surface area contributed by atoms with E-state index in [1.807, 2.05) is 41.5 Å². The minimum absolute atomic E-state index is 0.247. The molecule has 0 saturated carbocycles. The van der Waals surface area contributed by atoms with Gasteiger partial charge in [-0.2, -0.15) is 0 Å². The van der Waals surface area contributed by atoms with E-state index in [0.29, 0.717) is 5.75 Å². The van der Waals surface area contributed by atoms with E-state index in [9.17, 15) is 9.90 Å². The molecule has 0 aliphatic carbocycles. The summed E-state index contributed by atoms with van der Waals surface area (Å²) in [6.45, 7) is 12.0. The maximum absolute atomic E-state index is 11.0. The van der Waals surface area contributed by atoms with Gasteiger partial charge in [0.05, 0.1) is 0 Å². The van der Waals surface area contributed by atoms with Crippen molar-refractivity contribution in [3.8, 4) is 11.5 Å². The summed E-state index contributed by atoms with van der Waals surface area (Å²) in [6.07, 6.45) is 0. The Labute approximate surface area is 120 Å². The largest absolute Gasteiger partial charge is 0.507 e. The number of ether oxygens (including phenoxy) is 1. The Balaban J connectivity index is 3.52. The van der Waals surface area contributed by atoms with Crippen LogP contribution in [-0.2, 0) is 10.8 Å². The van der Waals surface area contributed by atoms with Crippen molar-refractivity contribution in [2.24, 2.45) is 0 Å². The molecular formula is C15H22O3S. The number of phenolic OH excluding ortho intramolecular Hbond substituents is 1. The van der Waals surface area contributed by atoms with E-state index < -0.39 is 5.30 Å². The third-order valence-electron chi connectivity index (χ3n) is 2.90. The molecule has 0 fully saturated rings. The Morgan fingerprint density at radius 2 is 1.42 bits per heavy atom. The van der Waals surface area contributed by atoms with Crippen molar-refractivity contribution in [3.63, 3.8) is 0 Å². The van der Waals surface area contributed by atoms with Gasteiger partial charge in [0.15, 0.2) is 0 Å². The lowest BCUT2D eigenvalue weighted by atomic mass is 9.79. The second-order valence-electron chi connectivity index (χ2n) is 6.73. The maximum Gasteiger partial charge on any atom is 0.369 e. The fourth-order valence-electron chi connectivity index (χ4n) is 1.91. The third kappa shape index (κ3) is 3.90. The van der Waals surface area contributed by atoms with E-state index in [0.717, 1.165) is 11.1 Å². The quantitative estimate of drug-likeness (QED) is 0.592. The van der Waals surface area contributed by atoms with Crippen LogP contribution in [0.1, 0.15) is 52.7 Å². The van der Waals surface area contributed by atoms with Crippen LogP contribution in [-0.4, -0.2) is 10.4 Å². The molecular weight excluding hydrogens is 260 g/mol. The number of benzene rings is 1. The van der Waals surface area contributed by atoms with Crippen molar-refractivity contribution in [2.45, 2.75) is 52.4 Å². The number of phenols is 1. The SMILES string of the molecule is CC(C)(C)c1cc(OC(=O)S)cc(C(C)(C)C)c1O. The first-order chi connectivity index (χ1) is 8.43. The van der Waals surface area contributed by atoms with Gasteiger partial charge in [-0.05, 0) is 23.0 Å². The highest BCUT2D eigenvalue weighted by Crippen LogP contribution is 2.41. The fourth-order valence-corrected chi connectivity index (χ4v) is 2.02. The highest BCUT2D eigenvalue weighted by atomic mass is 32.1. The number of carbonyl (C=O) groups excluding carboxylic acids is 1. The van der Waals surface area contributed by atoms with Crippen LogP contribution in [0.25, 0.3) is 0 Å². The molecule has 0 radical (unpaired) electrons. The third-order valence-corrected chi connectivity index (χ3v) is 3.00. The zero-order chi connectivity index (χ0) is 15.0. The van der Waals surface area contributed by atoms with Gasteiger partial charge < -0.3 is 9.84 Å². The Morgan fingerprint density at radius 1 is 1.05 bits per heavy atom. The van der Waals surface area contributed by atoms with Crippen LogP contribution in [0.3, 0.4) is 0 Å². The van der Waals surface area contributed by atoms with Crippen LogP contribution in [0.15, 0.2) is 12.1 Å². The van der Waals surface area contributed by atoms with E-state index in [1.165, 1.54) is 0 Å². The molecule has 1 rings (SSSR count). The second-order valence-corrected chi connectivity index (χ2v) is 7.10. The number of hydrogen-bond donors (Lipinski definition) is 2. The molecule has 0 aromatic heterocycles. The fraction of sp³-hybridized carbons (Fsp3) is 0.533. The van der Waals surface area contributed by atoms with Crippen molar-refractivity contribution in [1.82, 2.24) is 0 Å². The van der Waals surface area contributed by atoms with E-state index >= 15 is 0 Å². The predicted octanol–water partition coefficient (Wildman–Crippen LogP) is 4.42. The number of carbonyl (C=O) groups is 1. The van der Waals surface area contributed by atoms with Crippen LogP contribution >= 0.6 is 12.6 Å². The van der Waals surface area contributed by atoms with Crippen LogP contribution < -0.4 is 4.74 Å². The molecule has 1 aromatic rings. The van der Waals surface area contributed by atoms with E-state index in [1.54, 1.807) is 12.1 Å². The Morgan fingerprint density at radius 3 is 1.68 bits per heavy atom. The molecule has 4 heteroatoms. The topological polar surface area (TPSA) is 46.5 Å². The number of hydrogen-bond acceptors (Lipinski definition) is 3. The van der Waals surface area contributed by atoms with Gasteiger partial charge >= 0.3 is 5.30 Å². The van der Waals surface area contributed by atoms with Crippen molar-refractivity contribution >= 4 is 17.9 Å². The Kier molecular flexibility index (Phi) is 4.25. The molecule has 3 nitrogen and oxygen atoms in total. The summed E-state index contributed by atoms with van der Waals surface area (Å²) in [4.78, 5) is 11.0. The molecule has 0 aliphatic heterocycles. The smallest absolute Gasteiger partial charge is 0.369 e. The number of rotatable bonds is 1.